The lowest BCUT2D eigenvalue weighted by Gasteiger charge is -2.45. The number of nitrogens with two attached hydrogens (primary N) is 2. The van der Waals surface area contributed by atoms with E-state index in [0.29, 0.717) is 12.6 Å². The molecule has 0 radical (unpaired) electrons. The van der Waals surface area contributed by atoms with Gasteiger partial charge in [0.1, 0.15) is 11.4 Å². The van der Waals surface area contributed by atoms with E-state index >= 15 is 0 Å². The molecule has 1 spiro atoms. The number of para-hydroxylation sites is 2. The van der Waals surface area contributed by atoms with Gasteiger partial charge in [0.15, 0.2) is 0 Å². The predicted molar refractivity (Wildman–Crippen MR) is 118 cm³/mol. The highest BCUT2D eigenvalue weighted by atomic mass is 16.5. The molecule has 1 heterocycles. The second-order valence-electron chi connectivity index (χ2n) is 7.72. The quantitative estimate of drug-likeness (QED) is 0.733. The highest BCUT2D eigenvalue weighted by molar-refractivity contribution is 6.06. The Morgan fingerprint density at radius 3 is 2.45 bits per heavy atom. The van der Waals surface area contributed by atoms with Crippen LogP contribution in [0, 0.1) is 0 Å². The number of guanidine groups is 2. The van der Waals surface area contributed by atoms with E-state index < -0.39 is 5.66 Å². The zero-order valence-electron chi connectivity index (χ0n) is 16.8. The van der Waals surface area contributed by atoms with Gasteiger partial charge in [0.05, 0.1) is 12.3 Å². The summed E-state index contributed by atoms with van der Waals surface area (Å²) >= 11 is 0. The van der Waals surface area contributed by atoms with E-state index in [9.17, 15) is 0 Å². The van der Waals surface area contributed by atoms with Crippen molar-refractivity contribution in [2.24, 2.45) is 21.5 Å². The van der Waals surface area contributed by atoms with Gasteiger partial charge in [-0.1, -0.05) is 48.9 Å². The summed E-state index contributed by atoms with van der Waals surface area (Å²) in [5.74, 6) is 1.46. The van der Waals surface area contributed by atoms with Crippen LogP contribution >= 0.6 is 0 Å². The molecule has 6 nitrogen and oxygen atoms in total. The van der Waals surface area contributed by atoms with Crippen LogP contribution in [0.3, 0.4) is 0 Å². The molecular formula is C23H29N5O. The van der Waals surface area contributed by atoms with E-state index in [0.717, 1.165) is 50.0 Å². The largest absolute Gasteiger partial charge is 0.491 e. The van der Waals surface area contributed by atoms with Crippen LogP contribution < -0.4 is 21.1 Å². The maximum absolute atomic E-state index is 6.37. The van der Waals surface area contributed by atoms with Crippen molar-refractivity contribution in [3.05, 3.63) is 60.2 Å². The summed E-state index contributed by atoms with van der Waals surface area (Å²) < 4.78 is 6.19. The van der Waals surface area contributed by atoms with Gasteiger partial charge >= 0.3 is 0 Å². The molecule has 2 aromatic carbocycles. The van der Waals surface area contributed by atoms with Gasteiger partial charge in [0.25, 0.3) is 0 Å². The Balaban J connectivity index is 1.52. The fourth-order valence-corrected chi connectivity index (χ4v) is 4.34. The smallest absolute Gasteiger partial charge is 0.220 e. The van der Waals surface area contributed by atoms with Gasteiger partial charge in [0, 0.05) is 0 Å². The number of rotatable bonds is 6. The van der Waals surface area contributed by atoms with Gasteiger partial charge in [-0.3, -0.25) is 4.90 Å². The Morgan fingerprint density at radius 1 is 0.931 bits per heavy atom. The molecule has 6 heteroatoms. The van der Waals surface area contributed by atoms with Crippen molar-refractivity contribution in [1.82, 2.24) is 0 Å². The Kier molecular flexibility index (Phi) is 5.69. The molecule has 0 atom stereocenters. The minimum atomic E-state index is -0.461. The fraction of sp³-hybridized carbons (Fsp3) is 0.391. The number of anilines is 1. The van der Waals surface area contributed by atoms with Crippen molar-refractivity contribution in [3.63, 3.8) is 0 Å². The number of nitrogens with zero attached hydrogens (tertiary/aromatic N) is 3. The average Bonchev–Trinajstić information content (AvgIpc) is 2.73. The van der Waals surface area contributed by atoms with Crippen molar-refractivity contribution in [3.8, 4) is 5.75 Å². The molecule has 152 valence electrons. The second-order valence-corrected chi connectivity index (χ2v) is 7.72. The molecule has 0 bridgehead atoms. The number of ether oxygens (including phenoxy) is 1. The van der Waals surface area contributed by atoms with Crippen LogP contribution in [0.1, 0.15) is 44.1 Å². The van der Waals surface area contributed by atoms with Gasteiger partial charge in [-0.15, -0.1) is 0 Å². The lowest BCUT2D eigenvalue weighted by Crippen LogP contribution is -2.58. The second kappa shape index (κ2) is 8.55. The summed E-state index contributed by atoms with van der Waals surface area (Å²) in [5.41, 5.74) is 14.1. The van der Waals surface area contributed by atoms with E-state index in [1.54, 1.807) is 0 Å². The van der Waals surface area contributed by atoms with Crippen molar-refractivity contribution >= 4 is 17.6 Å². The highest BCUT2D eigenvalue weighted by Gasteiger charge is 2.43. The van der Waals surface area contributed by atoms with E-state index in [1.807, 2.05) is 35.2 Å². The third-order valence-corrected chi connectivity index (χ3v) is 5.67. The maximum atomic E-state index is 6.37. The molecule has 1 aliphatic heterocycles. The van der Waals surface area contributed by atoms with Crippen LogP contribution in [0.15, 0.2) is 64.6 Å². The third-order valence-electron chi connectivity index (χ3n) is 5.67. The first-order valence-corrected chi connectivity index (χ1v) is 10.4. The Bertz CT molecular complexity index is 887. The maximum Gasteiger partial charge on any atom is 0.220 e. The molecule has 1 saturated carbocycles. The zero-order chi connectivity index (χ0) is 20.1. The molecule has 1 fully saturated rings. The summed E-state index contributed by atoms with van der Waals surface area (Å²) in [4.78, 5) is 11.1. The Labute approximate surface area is 172 Å². The number of aliphatic imine (C=N–C) groups is 2. The first kappa shape index (κ1) is 19.3. The summed E-state index contributed by atoms with van der Waals surface area (Å²) in [6.07, 6.45) is 7.15. The topological polar surface area (TPSA) is 89.2 Å². The molecule has 0 unspecified atom stereocenters. The van der Waals surface area contributed by atoms with Crippen molar-refractivity contribution < 1.29 is 4.74 Å². The number of hydrogen-bond donors (Lipinski definition) is 2. The van der Waals surface area contributed by atoms with Gasteiger partial charge in [-0.05, 0) is 56.2 Å². The number of hydrogen-bond acceptors (Lipinski definition) is 6. The summed E-state index contributed by atoms with van der Waals surface area (Å²) in [5, 5.41) is 0. The van der Waals surface area contributed by atoms with Gasteiger partial charge in [-0.2, -0.15) is 4.99 Å². The van der Waals surface area contributed by atoms with Gasteiger partial charge in [-0.25, -0.2) is 4.99 Å². The normalized spacial score (nSPS) is 18.3. The molecule has 29 heavy (non-hydrogen) atoms. The highest BCUT2D eigenvalue weighted by Crippen LogP contribution is 2.42. The van der Waals surface area contributed by atoms with E-state index in [1.165, 1.54) is 12.0 Å². The minimum absolute atomic E-state index is 0.266. The van der Waals surface area contributed by atoms with Crippen LogP contribution in [0.5, 0.6) is 5.75 Å². The van der Waals surface area contributed by atoms with Crippen LogP contribution in [-0.4, -0.2) is 24.2 Å². The van der Waals surface area contributed by atoms with Crippen LogP contribution in [-0.2, 0) is 6.42 Å². The van der Waals surface area contributed by atoms with Crippen molar-refractivity contribution in [2.45, 2.75) is 50.6 Å². The monoisotopic (exact) mass is 391 g/mol. The Morgan fingerprint density at radius 2 is 1.66 bits per heavy atom. The molecule has 2 aliphatic rings. The van der Waals surface area contributed by atoms with Crippen LogP contribution in [0.25, 0.3) is 0 Å². The number of benzene rings is 2. The fourth-order valence-electron chi connectivity index (χ4n) is 4.34. The molecule has 0 aromatic heterocycles. The molecule has 4 rings (SSSR count). The molecule has 0 amide bonds. The third kappa shape index (κ3) is 4.21. The number of aryl methyl sites for hydroxylation is 1. The molecule has 1 aliphatic carbocycles. The Hall–Kier alpha value is -3.02. The van der Waals surface area contributed by atoms with Crippen molar-refractivity contribution in [1.29, 1.82) is 0 Å². The lowest BCUT2D eigenvalue weighted by molar-refractivity contribution is 0.292. The molecular weight excluding hydrogens is 362 g/mol. The van der Waals surface area contributed by atoms with Crippen LogP contribution in [0.4, 0.5) is 5.69 Å². The van der Waals surface area contributed by atoms with E-state index in [4.69, 9.17) is 21.2 Å². The molecule has 2 aromatic rings. The van der Waals surface area contributed by atoms with Crippen molar-refractivity contribution in [2.75, 3.05) is 11.5 Å². The lowest BCUT2D eigenvalue weighted by atomic mass is 9.87. The SMILES string of the molecule is NC1=NC2(CCCCC2)N(c2ccccc2OCCCc2ccccc2)C(N)=N1. The average molecular weight is 392 g/mol. The van der Waals surface area contributed by atoms with Gasteiger partial charge < -0.3 is 16.2 Å². The predicted octanol–water partition coefficient (Wildman–Crippen LogP) is 3.81. The first-order chi connectivity index (χ1) is 14.2. The summed E-state index contributed by atoms with van der Waals surface area (Å²) in [7, 11) is 0. The summed E-state index contributed by atoms with van der Waals surface area (Å²) in [6, 6.07) is 18.5. The molecule has 4 N–H and O–H groups in total. The van der Waals surface area contributed by atoms with E-state index in [-0.39, 0.29) is 5.96 Å². The minimum Gasteiger partial charge on any atom is -0.491 e. The molecule has 0 saturated heterocycles. The standard InChI is InChI=1S/C23H29N5O/c24-21-26-22(25)28(23(27-21)15-7-2-8-16-23)19-13-5-6-14-20(19)29-17-9-12-18-10-3-1-4-11-18/h1,3-6,10-11,13-14H,2,7-9,12,15-17H2,(H4,24,25,26,27). The van der Waals surface area contributed by atoms with E-state index in [2.05, 4.69) is 29.3 Å². The zero-order valence-corrected chi connectivity index (χ0v) is 16.8. The van der Waals surface area contributed by atoms with Crippen LogP contribution in [0.2, 0.25) is 0 Å². The summed E-state index contributed by atoms with van der Waals surface area (Å²) in [6.45, 7) is 0.634. The first-order valence-electron chi connectivity index (χ1n) is 10.4. The van der Waals surface area contributed by atoms with Gasteiger partial charge in [0.2, 0.25) is 11.9 Å².